The van der Waals surface area contributed by atoms with Gasteiger partial charge in [-0.1, -0.05) is 31.2 Å². The Kier molecular flexibility index (Phi) is 4.38. The van der Waals surface area contributed by atoms with Crippen LogP contribution in [0.3, 0.4) is 0 Å². The van der Waals surface area contributed by atoms with Crippen molar-refractivity contribution < 1.29 is 0 Å². The lowest BCUT2D eigenvalue weighted by Gasteiger charge is -2.17. The van der Waals surface area contributed by atoms with Crippen molar-refractivity contribution in [2.45, 2.75) is 45.6 Å². The van der Waals surface area contributed by atoms with Crippen molar-refractivity contribution in [2.24, 2.45) is 0 Å². The van der Waals surface area contributed by atoms with E-state index in [-0.39, 0.29) is 0 Å². The minimum absolute atomic E-state index is 0.448. The standard InChI is InChI=1S/C16H23N/c1-3-17-13(2)15-10-7-11-16(12-15)14-8-5-4-6-9-14/h7-8,10-13,17H,3-6,9H2,1-2H3. The van der Waals surface area contributed by atoms with E-state index in [1.165, 1.54) is 36.8 Å². The molecular weight excluding hydrogens is 206 g/mol. The fourth-order valence-electron chi connectivity index (χ4n) is 2.53. The lowest BCUT2D eigenvalue weighted by atomic mass is 9.92. The summed E-state index contributed by atoms with van der Waals surface area (Å²) < 4.78 is 0. The Morgan fingerprint density at radius 1 is 1.29 bits per heavy atom. The molecule has 1 aliphatic carbocycles. The van der Waals surface area contributed by atoms with Crippen molar-refractivity contribution in [2.75, 3.05) is 6.54 Å². The van der Waals surface area contributed by atoms with Crippen molar-refractivity contribution in [1.29, 1.82) is 0 Å². The van der Waals surface area contributed by atoms with Crippen molar-refractivity contribution >= 4 is 5.57 Å². The summed E-state index contributed by atoms with van der Waals surface area (Å²) in [4.78, 5) is 0. The normalized spacial score (nSPS) is 17.6. The van der Waals surface area contributed by atoms with Crippen LogP contribution < -0.4 is 5.32 Å². The van der Waals surface area contributed by atoms with Gasteiger partial charge in [-0.05, 0) is 61.9 Å². The lowest BCUT2D eigenvalue weighted by molar-refractivity contribution is 0.598. The molecule has 0 aliphatic heterocycles. The van der Waals surface area contributed by atoms with Gasteiger partial charge < -0.3 is 5.32 Å². The van der Waals surface area contributed by atoms with Crippen LogP contribution in [0.2, 0.25) is 0 Å². The quantitative estimate of drug-likeness (QED) is 0.811. The maximum absolute atomic E-state index is 3.47. The average molecular weight is 229 g/mol. The van der Waals surface area contributed by atoms with Crippen LogP contribution in [-0.2, 0) is 0 Å². The summed E-state index contributed by atoms with van der Waals surface area (Å²) in [5.74, 6) is 0. The molecule has 0 heterocycles. The zero-order valence-electron chi connectivity index (χ0n) is 11.0. The summed E-state index contributed by atoms with van der Waals surface area (Å²) in [5.41, 5.74) is 4.37. The van der Waals surface area contributed by atoms with Gasteiger partial charge in [0.05, 0.1) is 0 Å². The Balaban J connectivity index is 2.18. The van der Waals surface area contributed by atoms with E-state index in [2.05, 4.69) is 49.5 Å². The van der Waals surface area contributed by atoms with E-state index in [4.69, 9.17) is 0 Å². The molecule has 1 heteroatoms. The molecule has 2 rings (SSSR count). The Hall–Kier alpha value is -1.08. The van der Waals surface area contributed by atoms with Gasteiger partial charge in [-0.15, -0.1) is 0 Å². The van der Waals surface area contributed by atoms with Crippen LogP contribution in [0.1, 0.15) is 56.7 Å². The molecule has 0 aromatic heterocycles. The van der Waals surface area contributed by atoms with Crippen LogP contribution in [0.15, 0.2) is 30.3 Å². The Morgan fingerprint density at radius 3 is 2.88 bits per heavy atom. The van der Waals surface area contributed by atoms with Gasteiger partial charge in [-0.3, -0.25) is 0 Å². The molecule has 1 aliphatic rings. The van der Waals surface area contributed by atoms with E-state index in [0.29, 0.717) is 6.04 Å². The summed E-state index contributed by atoms with van der Waals surface area (Å²) in [6.45, 7) is 5.41. The molecule has 1 atom stereocenters. The van der Waals surface area contributed by atoms with Gasteiger partial charge in [0, 0.05) is 6.04 Å². The minimum Gasteiger partial charge on any atom is -0.310 e. The van der Waals surface area contributed by atoms with E-state index in [1.807, 2.05) is 0 Å². The number of hydrogen-bond acceptors (Lipinski definition) is 1. The van der Waals surface area contributed by atoms with E-state index in [9.17, 15) is 0 Å². The summed E-state index contributed by atoms with van der Waals surface area (Å²) in [6.07, 6.45) is 7.62. The second kappa shape index (κ2) is 6.02. The third kappa shape index (κ3) is 3.19. The molecule has 1 aromatic carbocycles. The predicted octanol–water partition coefficient (Wildman–Crippen LogP) is 4.31. The summed E-state index contributed by atoms with van der Waals surface area (Å²) in [6, 6.07) is 9.46. The number of rotatable bonds is 4. The smallest absolute Gasteiger partial charge is 0.0291 e. The van der Waals surface area contributed by atoms with E-state index in [0.717, 1.165) is 6.54 Å². The third-order valence-electron chi connectivity index (χ3n) is 3.56. The van der Waals surface area contributed by atoms with Crippen molar-refractivity contribution in [3.63, 3.8) is 0 Å². The van der Waals surface area contributed by atoms with Gasteiger partial charge in [-0.2, -0.15) is 0 Å². The molecule has 92 valence electrons. The predicted molar refractivity (Wildman–Crippen MR) is 75.0 cm³/mol. The highest BCUT2D eigenvalue weighted by molar-refractivity contribution is 5.66. The van der Waals surface area contributed by atoms with Gasteiger partial charge in [-0.25, -0.2) is 0 Å². The first-order chi connectivity index (χ1) is 8.31. The van der Waals surface area contributed by atoms with Crippen LogP contribution in [0, 0.1) is 0 Å². The highest BCUT2D eigenvalue weighted by Gasteiger charge is 2.08. The van der Waals surface area contributed by atoms with E-state index < -0.39 is 0 Å². The second-order valence-corrected chi connectivity index (χ2v) is 4.88. The van der Waals surface area contributed by atoms with Gasteiger partial charge >= 0.3 is 0 Å². The van der Waals surface area contributed by atoms with Crippen molar-refractivity contribution in [1.82, 2.24) is 5.32 Å². The van der Waals surface area contributed by atoms with Gasteiger partial charge in [0.1, 0.15) is 0 Å². The molecule has 0 fully saturated rings. The molecule has 1 unspecified atom stereocenters. The van der Waals surface area contributed by atoms with Crippen LogP contribution in [0.5, 0.6) is 0 Å². The monoisotopic (exact) mass is 229 g/mol. The molecule has 0 spiro atoms. The first-order valence-electron chi connectivity index (χ1n) is 6.84. The van der Waals surface area contributed by atoms with Gasteiger partial charge in [0.15, 0.2) is 0 Å². The highest BCUT2D eigenvalue weighted by atomic mass is 14.9. The fraction of sp³-hybridized carbons (Fsp3) is 0.500. The molecule has 0 saturated carbocycles. The van der Waals surface area contributed by atoms with Crippen molar-refractivity contribution in [3.05, 3.63) is 41.5 Å². The lowest BCUT2D eigenvalue weighted by Crippen LogP contribution is -2.17. The SMILES string of the molecule is CCNC(C)c1cccc(C2=CCCCC2)c1. The van der Waals surface area contributed by atoms with E-state index in [1.54, 1.807) is 5.57 Å². The molecular formula is C16H23N. The summed E-state index contributed by atoms with van der Waals surface area (Å²) >= 11 is 0. The molecule has 0 bridgehead atoms. The second-order valence-electron chi connectivity index (χ2n) is 4.88. The topological polar surface area (TPSA) is 12.0 Å². The Labute approximate surface area is 105 Å². The maximum Gasteiger partial charge on any atom is 0.0291 e. The number of hydrogen-bond donors (Lipinski definition) is 1. The first-order valence-corrected chi connectivity index (χ1v) is 6.84. The molecule has 0 amide bonds. The molecule has 1 aromatic rings. The number of allylic oxidation sites excluding steroid dienone is 2. The third-order valence-corrected chi connectivity index (χ3v) is 3.56. The molecule has 1 nitrogen and oxygen atoms in total. The number of nitrogens with one attached hydrogen (secondary N) is 1. The van der Waals surface area contributed by atoms with Crippen LogP contribution in [0.4, 0.5) is 0 Å². The zero-order valence-corrected chi connectivity index (χ0v) is 11.0. The Bertz CT molecular complexity index is 392. The van der Waals surface area contributed by atoms with Crippen LogP contribution in [-0.4, -0.2) is 6.54 Å². The average Bonchev–Trinajstić information content (AvgIpc) is 2.40. The van der Waals surface area contributed by atoms with Gasteiger partial charge in [0.25, 0.3) is 0 Å². The summed E-state index contributed by atoms with van der Waals surface area (Å²) in [5, 5.41) is 3.47. The zero-order chi connectivity index (χ0) is 12.1. The number of benzene rings is 1. The minimum atomic E-state index is 0.448. The van der Waals surface area contributed by atoms with Crippen molar-refractivity contribution in [3.8, 4) is 0 Å². The highest BCUT2D eigenvalue weighted by Crippen LogP contribution is 2.28. The fourth-order valence-corrected chi connectivity index (χ4v) is 2.53. The van der Waals surface area contributed by atoms with Crippen LogP contribution >= 0.6 is 0 Å². The van der Waals surface area contributed by atoms with E-state index >= 15 is 0 Å². The first kappa shape index (κ1) is 12.4. The van der Waals surface area contributed by atoms with Crippen LogP contribution in [0.25, 0.3) is 5.57 Å². The summed E-state index contributed by atoms with van der Waals surface area (Å²) in [7, 11) is 0. The Morgan fingerprint density at radius 2 is 2.18 bits per heavy atom. The molecule has 17 heavy (non-hydrogen) atoms. The molecule has 1 N–H and O–H groups in total. The molecule has 0 radical (unpaired) electrons. The van der Waals surface area contributed by atoms with Gasteiger partial charge in [0.2, 0.25) is 0 Å². The molecule has 0 saturated heterocycles. The maximum atomic E-state index is 3.47. The largest absolute Gasteiger partial charge is 0.310 e.